The van der Waals surface area contributed by atoms with E-state index >= 15 is 0 Å². The molecule has 7 nitrogen and oxygen atoms in total. The molecule has 0 spiro atoms. The van der Waals surface area contributed by atoms with Gasteiger partial charge in [0.05, 0.1) is 11.9 Å². The monoisotopic (exact) mass is 647 g/mol. The van der Waals surface area contributed by atoms with E-state index in [0.29, 0.717) is 11.6 Å². The van der Waals surface area contributed by atoms with Crippen molar-refractivity contribution in [1.29, 1.82) is 0 Å². The summed E-state index contributed by atoms with van der Waals surface area (Å²) in [4.78, 5) is 29.2. The maximum Gasteiger partial charge on any atom is 0.244 e. The number of hydrogen-bond donors (Lipinski definition) is 1. The fraction of sp³-hybridized carbons (Fsp3) is 0.333. The molecule has 0 saturated carbocycles. The fourth-order valence-corrected chi connectivity index (χ4v) is 5.39. The Balaban J connectivity index is 2.05. The van der Waals surface area contributed by atoms with E-state index in [2.05, 4.69) is 21.2 Å². The molecule has 0 heterocycles. The summed E-state index contributed by atoms with van der Waals surface area (Å²) in [6.07, 6.45) is 1.31. The maximum absolute atomic E-state index is 14.1. The van der Waals surface area contributed by atoms with E-state index in [0.717, 1.165) is 31.7 Å². The molecule has 0 bridgehead atoms. The number of carbonyl (C=O) groups is 2. The highest BCUT2D eigenvalue weighted by Gasteiger charge is 2.33. The van der Waals surface area contributed by atoms with Gasteiger partial charge in [0.15, 0.2) is 0 Å². The third-order valence-corrected chi connectivity index (χ3v) is 8.42. The number of sulfonamides is 1. The summed E-state index contributed by atoms with van der Waals surface area (Å²) >= 11 is 9.73. The van der Waals surface area contributed by atoms with Crippen LogP contribution in [0.25, 0.3) is 0 Å². The lowest BCUT2D eigenvalue weighted by Crippen LogP contribution is -2.53. The number of hydrogen-bond acceptors (Lipinski definition) is 4. The third kappa shape index (κ3) is 9.08. The minimum Gasteiger partial charge on any atom is -0.354 e. The molecule has 40 heavy (non-hydrogen) atoms. The van der Waals surface area contributed by atoms with E-state index in [1.807, 2.05) is 75.4 Å². The highest BCUT2D eigenvalue weighted by molar-refractivity contribution is 9.10. The highest BCUT2D eigenvalue weighted by Crippen LogP contribution is 2.26. The van der Waals surface area contributed by atoms with Crippen LogP contribution in [0.5, 0.6) is 0 Å². The quantitative estimate of drug-likeness (QED) is 0.278. The van der Waals surface area contributed by atoms with Gasteiger partial charge in [0, 0.05) is 29.0 Å². The largest absolute Gasteiger partial charge is 0.354 e. The number of amides is 2. The van der Waals surface area contributed by atoms with Crippen LogP contribution in [0.3, 0.4) is 0 Å². The molecule has 2 amide bonds. The van der Waals surface area contributed by atoms with Crippen LogP contribution in [0.4, 0.5) is 5.69 Å². The molecule has 0 aliphatic heterocycles. The van der Waals surface area contributed by atoms with Gasteiger partial charge in [0.1, 0.15) is 12.6 Å². The topological polar surface area (TPSA) is 86.8 Å². The molecule has 0 radical (unpaired) electrons. The molecule has 3 rings (SSSR count). The van der Waals surface area contributed by atoms with Gasteiger partial charge in [-0.2, -0.15) is 0 Å². The summed E-state index contributed by atoms with van der Waals surface area (Å²) in [6, 6.07) is 20.9. The zero-order chi connectivity index (χ0) is 29.4. The van der Waals surface area contributed by atoms with Gasteiger partial charge in [-0.3, -0.25) is 13.9 Å². The molecule has 214 valence electrons. The molecule has 0 aromatic heterocycles. The zero-order valence-corrected chi connectivity index (χ0v) is 26.3. The van der Waals surface area contributed by atoms with Gasteiger partial charge in [-0.05, 0) is 53.8 Å². The third-order valence-electron chi connectivity index (χ3n) is 6.34. The van der Waals surface area contributed by atoms with E-state index in [1.54, 1.807) is 12.1 Å². The zero-order valence-electron chi connectivity index (χ0n) is 23.1. The Morgan fingerprint density at radius 3 is 2.20 bits per heavy atom. The maximum atomic E-state index is 14.1. The Morgan fingerprint density at radius 1 is 0.975 bits per heavy atom. The number of aryl methyl sites for hydroxylation is 1. The van der Waals surface area contributed by atoms with Crippen molar-refractivity contribution in [2.24, 2.45) is 5.92 Å². The highest BCUT2D eigenvalue weighted by atomic mass is 79.9. The van der Waals surface area contributed by atoms with Crippen LogP contribution in [0.15, 0.2) is 77.3 Å². The van der Waals surface area contributed by atoms with Gasteiger partial charge < -0.3 is 10.2 Å². The van der Waals surface area contributed by atoms with E-state index in [4.69, 9.17) is 11.6 Å². The molecule has 0 aliphatic carbocycles. The smallest absolute Gasteiger partial charge is 0.244 e. The SMILES string of the molecule is Cc1ccc(N(CC(=O)N(Cc2ccc(Br)cc2)C(Cc2ccccc2)C(=O)NCC(C)C)S(C)(=O)=O)cc1Cl. The van der Waals surface area contributed by atoms with Crippen molar-refractivity contribution >= 4 is 55.1 Å². The van der Waals surface area contributed by atoms with Gasteiger partial charge in [-0.25, -0.2) is 8.42 Å². The van der Waals surface area contributed by atoms with Crippen LogP contribution >= 0.6 is 27.5 Å². The Hall–Kier alpha value is -2.88. The minimum absolute atomic E-state index is 0.116. The standard InChI is InChI=1S/C30H35BrClN3O4S/c1-21(2)18-33-30(37)28(16-23-8-6-5-7-9-23)34(19-24-11-13-25(31)14-12-24)29(36)20-35(40(4,38)39)26-15-10-22(3)27(32)17-26/h5-15,17,21,28H,16,18-20H2,1-4H3,(H,33,37). The number of nitrogens with one attached hydrogen (secondary N) is 1. The first-order valence-corrected chi connectivity index (χ1v) is 16.0. The van der Waals surface area contributed by atoms with E-state index < -0.39 is 28.5 Å². The molecule has 0 aliphatic rings. The summed E-state index contributed by atoms with van der Waals surface area (Å²) in [6.45, 7) is 5.87. The van der Waals surface area contributed by atoms with Crippen molar-refractivity contribution in [3.8, 4) is 0 Å². The number of benzene rings is 3. The van der Waals surface area contributed by atoms with Crippen molar-refractivity contribution in [1.82, 2.24) is 10.2 Å². The Bertz CT molecular complexity index is 1420. The van der Waals surface area contributed by atoms with Crippen molar-refractivity contribution in [2.75, 3.05) is 23.7 Å². The summed E-state index contributed by atoms with van der Waals surface area (Å²) in [5, 5.41) is 3.36. The van der Waals surface area contributed by atoms with Gasteiger partial charge in [0.2, 0.25) is 21.8 Å². The Labute approximate surface area is 250 Å². The molecule has 3 aromatic rings. The van der Waals surface area contributed by atoms with E-state index in [9.17, 15) is 18.0 Å². The molecule has 3 aromatic carbocycles. The molecule has 1 atom stereocenters. The summed E-state index contributed by atoms with van der Waals surface area (Å²) < 4.78 is 27.7. The number of nitrogens with zero attached hydrogens (tertiary/aromatic N) is 2. The van der Waals surface area contributed by atoms with Gasteiger partial charge in [0.25, 0.3) is 0 Å². The Morgan fingerprint density at radius 2 is 1.62 bits per heavy atom. The normalized spacial score (nSPS) is 12.2. The van der Waals surface area contributed by atoms with Gasteiger partial charge in [-0.15, -0.1) is 0 Å². The first-order chi connectivity index (χ1) is 18.8. The number of carbonyl (C=O) groups excluding carboxylic acids is 2. The first-order valence-electron chi connectivity index (χ1n) is 12.9. The number of anilines is 1. The van der Waals surface area contributed by atoms with Crippen LogP contribution in [-0.2, 0) is 32.6 Å². The molecule has 1 N–H and O–H groups in total. The predicted molar refractivity (Wildman–Crippen MR) is 165 cm³/mol. The molecule has 0 fully saturated rings. The lowest BCUT2D eigenvalue weighted by atomic mass is 10.0. The second-order valence-electron chi connectivity index (χ2n) is 10.2. The van der Waals surface area contributed by atoms with Crippen LogP contribution in [-0.4, -0.2) is 50.5 Å². The number of halogens is 2. The van der Waals surface area contributed by atoms with Gasteiger partial charge in [-0.1, -0.05) is 89.9 Å². The molecule has 10 heteroatoms. The van der Waals surface area contributed by atoms with Crippen LogP contribution in [0, 0.1) is 12.8 Å². The second kappa shape index (κ2) is 14.1. The van der Waals surface area contributed by atoms with Crippen molar-refractivity contribution < 1.29 is 18.0 Å². The van der Waals surface area contributed by atoms with Crippen molar-refractivity contribution in [2.45, 2.75) is 39.8 Å². The fourth-order valence-electron chi connectivity index (χ4n) is 4.11. The molecule has 0 saturated heterocycles. The lowest BCUT2D eigenvalue weighted by Gasteiger charge is -2.33. The van der Waals surface area contributed by atoms with E-state index in [1.165, 1.54) is 11.0 Å². The number of rotatable bonds is 12. The summed E-state index contributed by atoms with van der Waals surface area (Å²) in [5.74, 6) is -0.595. The average Bonchev–Trinajstić information content (AvgIpc) is 2.90. The summed E-state index contributed by atoms with van der Waals surface area (Å²) in [5.41, 5.74) is 2.74. The van der Waals surface area contributed by atoms with Crippen molar-refractivity contribution in [3.05, 3.63) is 99.0 Å². The van der Waals surface area contributed by atoms with Gasteiger partial charge >= 0.3 is 0 Å². The minimum atomic E-state index is -3.86. The van der Waals surface area contributed by atoms with Crippen LogP contribution in [0.1, 0.15) is 30.5 Å². The van der Waals surface area contributed by atoms with Crippen molar-refractivity contribution in [3.63, 3.8) is 0 Å². The van der Waals surface area contributed by atoms with E-state index in [-0.39, 0.29) is 30.5 Å². The lowest BCUT2D eigenvalue weighted by molar-refractivity contribution is -0.140. The predicted octanol–water partition coefficient (Wildman–Crippen LogP) is 5.59. The van der Waals surface area contributed by atoms with Crippen LogP contribution < -0.4 is 9.62 Å². The average molecular weight is 649 g/mol. The first kappa shape index (κ1) is 31.6. The Kier molecular flexibility index (Phi) is 11.2. The van der Waals surface area contributed by atoms with Crippen LogP contribution in [0.2, 0.25) is 5.02 Å². The second-order valence-corrected chi connectivity index (χ2v) is 13.4. The molecular weight excluding hydrogens is 614 g/mol. The summed E-state index contributed by atoms with van der Waals surface area (Å²) in [7, 11) is -3.86. The molecule has 1 unspecified atom stereocenters. The molecular formula is C30H35BrClN3O4S.